The van der Waals surface area contributed by atoms with Gasteiger partial charge in [-0.3, -0.25) is 5.32 Å². The summed E-state index contributed by atoms with van der Waals surface area (Å²) in [7, 11) is 3.67. The van der Waals surface area contributed by atoms with Crippen LogP contribution in [0.4, 0.5) is 0 Å². The van der Waals surface area contributed by atoms with E-state index in [0.29, 0.717) is 0 Å². The van der Waals surface area contributed by atoms with Gasteiger partial charge in [0.2, 0.25) is 0 Å². The van der Waals surface area contributed by atoms with Gasteiger partial charge in [-0.2, -0.15) is 0 Å². The zero-order chi connectivity index (χ0) is 9.97. The third-order valence-corrected chi connectivity index (χ3v) is 2.70. The maximum absolute atomic E-state index is 5.22. The normalized spacial score (nSPS) is 20.3. The number of hydrogen-bond donors (Lipinski definition) is 2. The van der Waals surface area contributed by atoms with Crippen molar-refractivity contribution in [3.8, 4) is 5.75 Å². The van der Waals surface area contributed by atoms with E-state index < -0.39 is 0 Å². The van der Waals surface area contributed by atoms with Crippen LogP contribution in [0, 0.1) is 0 Å². The van der Waals surface area contributed by atoms with Gasteiger partial charge in [0.1, 0.15) is 5.75 Å². The molecule has 0 saturated carbocycles. The Morgan fingerprint density at radius 2 is 2.36 bits per heavy atom. The van der Waals surface area contributed by atoms with Crippen molar-refractivity contribution in [3.63, 3.8) is 0 Å². The molecule has 0 aliphatic carbocycles. The molecule has 1 unspecified atom stereocenters. The summed E-state index contributed by atoms with van der Waals surface area (Å²) >= 11 is 0. The lowest BCUT2D eigenvalue weighted by molar-refractivity contribution is 0.407. The van der Waals surface area contributed by atoms with Crippen LogP contribution in [0.1, 0.15) is 17.3 Å². The van der Waals surface area contributed by atoms with Crippen molar-refractivity contribution in [1.82, 2.24) is 10.6 Å². The monoisotopic (exact) mass is 192 g/mol. The van der Waals surface area contributed by atoms with Crippen molar-refractivity contribution in [2.75, 3.05) is 20.7 Å². The Morgan fingerprint density at radius 1 is 1.50 bits per heavy atom. The van der Waals surface area contributed by atoms with E-state index in [9.17, 15) is 0 Å². The van der Waals surface area contributed by atoms with E-state index in [2.05, 4.69) is 22.8 Å². The Balaban J connectivity index is 2.38. The molecule has 1 heterocycles. The summed E-state index contributed by atoms with van der Waals surface area (Å²) in [5.41, 5.74) is 2.71. The minimum atomic E-state index is 0.258. The fourth-order valence-electron chi connectivity index (χ4n) is 1.92. The Hall–Kier alpha value is -1.06. The van der Waals surface area contributed by atoms with Gasteiger partial charge in [0.05, 0.1) is 13.3 Å². The summed E-state index contributed by atoms with van der Waals surface area (Å²) in [4.78, 5) is 0. The molecule has 0 radical (unpaired) electrons. The van der Waals surface area contributed by atoms with Crippen molar-refractivity contribution < 1.29 is 4.74 Å². The zero-order valence-corrected chi connectivity index (χ0v) is 8.63. The van der Waals surface area contributed by atoms with Crippen LogP contribution in [0.25, 0.3) is 0 Å². The third kappa shape index (κ3) is 1.61. The first kappa shape index (κ1) is 9.49. The number of benzene rings is 1. The van der Waals surface area contributed by atoms with Crippen molar-refractivity contribution >= 4 is 0 Å². The number of hydrogen-bond acceptors (Lipinski definition) is 3. The summed E-state index contributed by atoms with van der Waals surface area (Å²) in [5, 5.41) is 6.65. The Kier molecular flexibility index (Phi) is 2.70. The molecule has 0 fully saturated rings. The number of nitrogens with one attached hydrogen (secondary N) is 2. The molecule has 3 heteroatoms. The van der Waals surface area contributed by atoms with Crippen LogP contribution in [-0.4, -0.2) is 20.7 Å². The zero-order valence-electron chi connectivity index (χ0n) is 8.63. The fraction of sp³-hybridized carbons (Fsp3) is 0.455. The van der Waals surface area contributed by atoms with Crippen LogP contribution < -0.4 is 15.4 Å². The molecule has 2 rings (SSSR count). The summed E-state index contributed by atoms with van der Waals surface area (Å²) in [6.45, 7) is 1.03. The highest BCUT2D eigenvalue weighted by atomic mass is 16.5. The standard InChI is InChI=1S/C11H16N2O/c1-12-11-10-7-9(14-2)4-3-8(10)5-6-13-11/h3-4,7,11-13H,5-6H2,1-2H3. The lowest BCUT2D eigenvalue weighted by atomic mass is 9.98. The van der Waals surface area contributed by atoms with Gasteiger partial charge in [0.15, 0.2) is 0 Å². The highest BCUT2D eigenvalue weighted by Crippen LogP contribution is 2.25. The first-order chi connectivity index (χ1) is 6.85. The molecule has 1 aromatic rings. The summed E-state index contributed by atoms with van der Waals surface area (Å²) < 4.78 is 5.22. The van der Waals surface area contributed by atoms with Gasteiger partial charge in [-0.25, -0.2) is 0 Å². The van der Waals surface area contributed by atoms with E-state index in [0.717, 1.165) is 18.7 Å². The molecule has 2 N–H and O–H groups in total. The summed E-state index contributed by atoms with van der Waals surface area (Å²) in [6, 6.07) is 6.28. The molecule has 0 spiro atoms. The molecular weight excluding hydrogens is 176 g/mol. The number of ether oxygens (including phenoxy) is 1. The van der Waals surface area contributed by atoms with Crippen LogP contribution in [0.5, 0.6) is 5.75 Å². The smallest absolute Gasteiger partial charge is 0.119 e. The van der Waals surface area contributed by atoms with Gasteiger partial charge in [-0.05, 0) is 36.7 Å². The second kappa shape index (κ2) is 3.98. The van der Waals surface area contributed by atoms with Gasteiger partial charge < -0.3 is 10.1 Å². The van der Waals surface area contributed by atoms with Gasteiger partial charge in [0, 0.05) is 6.54 Å². The SMILES string of the molecule is CNC1NCCc2ccc(OC)cc21. The second-order valence-corrected chi connectivity index (χ2v) is 3.49. The first-order valence-corrected chi connectivity index (χ1v) is 4.92. The van der Waals surface area contributed by atoms with Gasteiger partial charge >= 0.3 is 0 Å². The molecule has 14 heavy (non-hydrogen) atoms. The molecule has 3 nitrogen and oxygen atoms in total. The van der Waals surface area contributed by atoms with Crippen LogP contribution >= 0.6 is 0 Å². The number of rotatable bonds is 2. The Bertz CT molecular complexity index is 325. The Morgan fingerprint density at radius 3 is 3.07 bits per heavy atom. The van der Waals surface area contributed by atoms with Crippen LogP contribution in [0.2, 0.25) is 0 Å². The van der Waals surface area contributed by atoms with E-state index in [1.54, 1.807) is 7.11 Å². The van der Waals surface area contributed by atoms with E-state index in [1.807, 2.05) is 13.1 Å². The lowest BCUT2D eigenvalue weighted by Crippen LogP contribution is -2.37. The van der Waals surface area contributed by atoms with E-state index >= 15 is 0 Å². The van der Waals surface area contributed by atoms with Crippen molar-refractivity contribution in [1.29, 1.82) is 0 Å². The molecule has 1 aliphatic heterocycles. The second-order valence-electron chi connectivity index (χ2n) is 3.49. The summed E-state index contributed by atoms with van der Waals surface area (Å²) in [6.07, 6.45) is 1.35. The lowest BCUT2D eigenvalue weighted by Gasteiger charge is -2.26. The van der Waals surface area contributed by atoms with Crippen molar-refractivity contribution in [2.45, 2.75) is 12.6 Å². The first-order valence-electron chi connectivity index (χ1n) is 4.92. The fourth-order valence-corrected chi connectivity index (χ4v) is 1.92. The van der Waals surface area contributed by atoms with Crippen LogP contribution in [-0.2, 0) is 6.42 Å². The topological polar surface area (TPSA) is 33.3 Å². The Labute approximate surface area is 84.5 Å². The average Bonchev–Trinajstić information content (AvgIpc) is 2.27. The van der Waals surface area contributed by atoms with Crippen molar-refractivity contribution in [2.24, 2.45) is 0 Å². The van der Waals surface area contributed by atoms with Crippen LogP contribution in [0.3, 0.4) is 0 Å². The van der Waals surface area contributed by atoms with Gasteiger partial charge in [-0.15, -0.1) is 0 Å². The molecule has 0 saturated heterocycles. The maximum atomic E-state index is 5.22. The molecule has 0 amide bonds. The summed E-state index contributed by atoms with van der Waals surface area (Å²) in [5.74, 6) is 0.924. The predicted octanol–water partition coefficient (Wildman–Crippen LogP) is 1.06. The molecule has 1 aliphatic rings. The van der Waals surface area contributed by atoms with Crippen LogP contribution in [0.15, 0.2) is 18.2 Å². The maximum Gasteiger partial charge on any atom is 0.119 e. The highest BCUT2D eigenvalue weighted by Gasteiger charge is 2.18. The molecule has 1 atom stereocenters. The minimum Gasteiger partial charge on any atom is -0.497 e. The third-order valence-electron chi connectivity index (χ3n) is 2.70. The molecular formula is C11H16N2O. The number of fused-ring (bicyclic) bond motifs is 1. The molecule has 0 bridgehead atoms. The largest absolute Gasteiger partial charge is 0.497 e. The predicted molar refractivity (Wildman–Crippen MR) is 56.5 cm³/mol. The molecule has 1 aromatic carbocycles. The van der Waals surface area contributed by atoms with E-state index in [4.69, 9.17) is 4.74 Å². The quantitative estimate of drug-likeness (QED) is 0.735. The highest BCUT2D eigenvalue weighted by molar-refractivity contribution is 5.39. The van der Waals surface area contributed by atoms with Gasteiger partial charge in [-0.1, -0.05) is 6.07 Å². The van der Waals surface area contributed by atoms with E-state index in [1.165, 1.54) is 11.1 Å². The average molecular weight is 192 g/mol. The van der Waals surface area contributed by atoms with Gasteiger partial charge in [0.25, 0.3) is 0 Å². The number of methoxy groups -OCH3 is 1. The van der Waals surface area contributed by atoms with E-state index in [-0.39, 0.29) is 6.17 Å². The molecule has 76 valence electrons. The molecule has 0 aromatic heterocycles. The van der Waals surface area contributed by atoms with Crippen molar-refractivity contribution in [3.05, 3.63) is 29.3 Å². The minimum absolute atomic E-state index is 0.258.